The van der Waals surface area contributed by atoms with Gasteiger partial charge in [0.25, 0.3) is 5.56 Å². The lowest BCUT2D eigenvalue weighted by Crippen LogP contribution is -2.30. The maximum absolute atomic E-state index is 12.9. The summed E-state index contributed by atoms with van der Waals surface area (Å²) in [6.07, 6.45) is 2.39. The van der Waals surface area contributed by atoms with E-state index in [1.54, 1.807) is 24.3 Å². The fourth-order valence-electron chi connectivity index (χ4n) is 3.28. The van der Waals surface area contributed by atoms with Crippen LogP contribution >= 0.6 is 0 Å². The van der Waals surface area contributed by atoms with E-state index in [2.05, 4.69) is 22.4 Å². The highest BCUT2D eigenvalue weighted by molar-refractivity contribution is 5.92. The molecule has 0 aliphatic carbocycles. The van der Waals surface area contributed by atoms with Gasteiger partial charge in [-0.15, -0.1) is 0 Å². The Morgan fingerprint density at radius 3 is 2.61 bits per heavy atom. The first-order valence-corrected chi connectivity index (χ1v) is 10.2. The van der Waals surface area contributed by atoms with Crippen molar-refractivity contribution in [2.45, 2.75) is 26.8 Å². The first-order valence-electron chi connectivity index (χ1n) is 10.2. The predicted octanol–water partition coefficient (Wildman–Crippen LogP) is 3.16. The molecule has 0 aliphatic rings. The number of carbonyl (C=O) groups is 1. The number of benzene rings is 2. The van der Waals surface area contributed by atoms with Crippen LogP contribution in [0.4, 0.5) is 5.69 Å². The summed E-state index contributed by atoms with van der Waals surface area (Å²) in [5, 5.41) is 11.3. The number of nitrogens with zero attached hydrogens (tertiary/aromatic N) is 4. The van der Waals surface area contributed by atoms with E-state index in [1.807, 2.05) is 37.3 Å². The zero-order valence-electron chi connectivity index (χ0n) is 17.4. The van der Waals surface area contributed by atoms with Crippen LogP contribution in [0.1, 0.15) is 19.4 Å². The van der Waals surface area contributed by atoms with Crippen LogP contribution in [0.3, 0.4) is 0 Å². The van der Waals surface area contributed by atoms with Crippen molar-refractivity contribution in [1.29, 1.82) is 0 Å². The molecule has 0 saturated heterocycles. The second-order valence-corrected chi connectivity index (χ2v) is 6.98. The molecule has 4 aromatic rings. The predicted molar refractivity (Wildman–Crippen MR) is 118 cm³/mol. The van der Waals surface area contributed by atoms with Gasteiger partial charge in [0.1, 0.15) is 24.1 Å². The number of aryl methyl sites for hydroxylation is 1. The second kappa shape index (κ2) is 8.83. The third-order valence-corrected chi connectivity index (χ3v) is 4.90. The summed E-state index contributed by atoms with van der Waals surface area (Å²) in [7, 11) is 0. The van der Waals surface area contributed by atoms with Gasteiger partial charge in [-0.05, 0) is 37.1 Å². The SMILES string of the molecule is CCOc1ccccc1NC(=O)Cn1ncn2nc(-c3ccc(CC)cc3)cc2c1=O. The van der Waals surface area contributed by atoms with Gasteiger partial charge in [-0.3, -0.25) is 9.59 Å². The van der Waals surface area contributed by atoms with E-state index in [-0.39, 0.29) is 18.0 Å². The quantitative estimate of drug-likeness (QED) is 0.499. The Kier molecular flexibility index (Phi) is 5.79. The number of aromatic nitrogens is 4. The molecular weight excluding hydrogens is 394 g/mol. The number of carbonyl (C=O) groups excluding carboxylic acids is 1. The number of ether oxygens (including phenoxy) is 1. The lowest BCUT2D eigenvalue weighted by Gasteiger charge is -2.11. The molecule has 0 atom stereocenters. The van der Waals surface area contributed by atoms with Crippen molar-refractivity contribution in [3.05, 3.63) is 76.8 Å². The van der Waals surface area contributed by atoms with Crippen LogP contribution in [0, 0.1) is 0 Å². The van der Waals surface area contributed by atoms with Crippen LogP contribution in [-0.4, -0.2) is 31.9 Å². The molecule has 8 heteroatoms. The standard InChI is InChI=1S/C23H23N5O3/c1-3-16-9-11-17(12-10-16)19-13-20-23(30)27(24-15-28(20)26-19)14-22(29)25-18-7-5-6-8-21(18)31-4-2/h5-13,15H,3-4,14H2,1-2H3,(H,25,29). The number of rotatable bonds is 7. The molecule has 31 heavy (non-hydrogen) atoms. The van der Waals surface area contributed by atoms with Crippen molar-refractivity contribution in [2.24, 2.45) is 0 Å². The van der Waals surface area contributed by atoms with Crippen molar-refractivity contribution < 1.29 is 9.53 Å². The highest BCUT2D eigenvalue weighted by Crippen LogP contribution is 2.23. The van der Waals surface area contributed by atoms with Crippen LogP contribution in [0.2, 0.25) is 0 Å². The van der Waals surface area contributed by atoms with Gasteiger partial charge in [-0.2, -0.15) is 10.2 Å². The Bertz CT molecular complexity index is 1270. The maximum Gasteiger partial charge on any atom is 0.293 e. The molecule has 0 unspecified atom stereocenters. The number of fused-ring (bicyclic) bond motifs is 1. The molecule has 1 N–H and O–H groups in total. The van der Waals surface area contributed by atoms with Gasteiger partial charge in [0.2, 0.25) is 5.91 Å². The van der Waals surface area contributed by atoms with E-state index in [0.29, 0.717) is 29.3 Å². The van der Waals surface area contributed by atoms with Gasteiger partial charge < -0.3 is 10.1 Å². The van der Waals surface area contributed by atoms with Gasteiger partial charge in [0, 0.05) is 5.56 Å². The Hall–Kier alpha value is -3.94. The molecule has 0 fully saturated rings. The summed E-state index contributed by atoms with van der Waals surface area (Å²) >= 11 is 0. The van der Waals surface area contributed by atoms with Crippen molar-refractivity contribution in [3.63, 3.8) is 0 Å². The van der Waals surface area contributed by atoms with Crippen LogP contribution in [0.5, 0.6) is 5.75 Å². The molecule has 0 spiro atoms. The molecule has 2 aromatic carbocycles. The molecule has 2 heterocycles. The molecule has 0 saturated carbocycles. The Morgan fingerprint density at radius 1 is 1.10 bits per heavy atom. The van der Waals surface area contributed by atoms with Crippen LogP contribution in [0.25, 0.3) is 16.8 Å². The minimum absolute atomic E-state index is 0.221. The van der Waals surface area contributed by atoms with Crippen molar-refractivity contribution in [3.8, 4) is 17.0 Å². The maximum atomic E-state index is 12.9. The molecule has 2 aromatic heterocycles. The highest BCUT2D eigenvalue weighted by Gasteiger charge is 2.13. The van der Waals surface area contributed by atoms with E-state index in [1.165, 1.54) is 16.4 Å². The molecular formula is C23H23N5O3. The van der Waals surface area contributed by atoms with E-state index >= 15 is 0 Å². The Labute approximate surface area is 179 Å². The summed E-state index contributed by atoms with van der Waals surface area (Å²) in [5.41, 5.74) is 3.33. The first kappa shape index (κ1) is 20.3. The van der Waals surface area contributed by atoms with E-state index in [4.69, 9.17) is 4.74 Å². The summed E-state index contributed by atoms with van der Waals surface area (Å²) < 4.78 is 8.08. The lowest BCUT2D eigenvalue weighted by atomic mass is 10.1. The molecule has 4 rings (SSSR count). The van der Waals surface area contributed by atoms with Crippen LogP contribution in [-0.2, 0) is 17.8 Å². The third kappa shape index (κ3) is 4.32. The fourth-order valence-corrected chi connectivity index (χ4v) is 3.28. The van der Waals surface area contributed by atoms with Gasteiger partial charge in [0.15, 0.2) is 0 Å². The average molecular weight is 417 g/mol. The van der Waals surface area contributed by atoms with Crippen molar-refractivity contribution >= 4 is 17.1 Å². The normalized spacial score (nSPS) is 10.9. The lowest BCUT2D eigenvalue weighted by molar-refractivity contribution is -0.117. The topological polar surface area (TPSA) is 90.5 Å². The zero-order valence-corrected chi connectivity index (χ0v) is 17.4. The van der Waals surface area contributed by atoms with Gasteiger partial charge >= 0.3 is 0 Å². The van der Waals surface area contributed by atoms with Gasteiger partial charge in [-0.25, -0.2) is 9.20 Å². The number of nitrogens with one attached hydrogen (secondary N) is 1. The second-order valence-electron chi connectivity index (χ2n) is 6.98. The van der Waals surface area contributed by atoms with Crippen molar-refractivity contribution in [2.75, 3.05) is 11.9 Å². The Morgan fingerprint density at radius 2 is 1.87 bits per heavy atom. The molecule has 158 valence electrons. The molecule has 0 bridgehead atoms. The smallest absolute Gasteiger partial charge is 0.293 e. The number of hydrogen-bond acceptors (Lipinski definition) is 5. The monoisotopic (exact) mass is 417 g/mol. The minimum atomic E-state index is -0.389. The third-order valence-electron chi connectivity index (χ3n) is 4.90. The van der Waals surface area contributed by atoms with Crippen LogP contribution < -0.4 is 15.6 Å². The number of anilines is 1. The Balaban J connectivity index is 1.56. The summed E-state index contributed by atoms with van der Waals surface area (Å²) in [6, 6.07) is 16.9. The molecule has 0 radical (unpaired) electrons. The fraction of sp³-hybridized carbons (Fsp3) is 0.217. The minimum Gasteiger partial charge on any atom is -0.492 e. The summed E-state index contributed by atoms with van der Waals surface area (Å²) in [4.78, 5) is 25.4. The van der Waals surface area contributed by atoms with Gasteiger partial charge in [-0.1, -0.05) is 43.3 Å². The average Bonchev–Trinajstić information content (AvgIpc) is 3.22. The molecule has 0 aliphatic heterocycles. The van der Waals surface area contributed by atoms with Crippen molar-refractivity contribution in [1.82, 2.24) is 19.4 Å². The van der Waals surface area contributed by atoms with Crippen LogP contribution in [0.15, 0.2) is 65.7 Å². The number of amides is 1. The molecule has 1 amide bonds. The summed E-state index contributed by atoms with van der Waals surface area (Å²) in [6.45, 7) is 4.23. The number of hydrogen-bond donors (Lipinski definition) is 1. The van der Waals surface area contributed by atoms with E-state index in [0.717, 1.165) is 16.7 Å². The number of para-hydroxylation sites is 2. The first-order chi connectivity index (χ1) is 15.1. The highest BCUT2D eigenvalue weighted by atomic mass is 16.5. The molecule has 8 nitrogen and oxygen atoms in total. The largest absolute Gasteiger partial charge is 0.492 e. The van der Waals surface area contributed by atoms with E-state index in [9.17, 15) is 9.59 Å². The van der Waals surface area contributed by atoms with E-state index < -0.39 is 0 Å². The summed E-state index contributed by atoms with van der Waals surface area (Å²) in [5.74, 6) is 0.199. The van der Waals surface area contributed by atoms with Gasteiger partial charge in [0.05, 0.1) is 18.0 Å². The zero-order chi connectivity index (χ0) is 21.8.